The Bertz CT molecular complexity index is 735. The van der Waals surface area contributed by atoms with Gasteiger partial charge in [0, 0.05) is 24.6 Å². The maximum atomic E-state index is 10.8. The average Bonchev–Trinajstić information content (AvgIpc) is 2.79. The number of benzene rings is 1. The van der Waals surface area contributed by atoms with Crippen LogP contribution in [0.4, 0.5) is 0 Å². The summed E-state index contributed by atoms with van der Waals surface area (Å²) in [5, 5.41) is 14.2. The lowest BCUT2D eigenvalue weighted by atomic mass is 9.95. The highest BCUT2D eigenvalue weighted by molar-refractivity contribution is 5.44. The summed E-state index contributed by atoms with van der Waals surface area (Å²) in [7, 11) is 0. The van der Waals surface area contributed by atoms with Gasteiger partial charge in [0.15, 0.2) is 11.5 Å². The number of hydrogen-bond donors (Lipinski definition) is 2. The van der Waals surface area contributed by atoms with Gasteiger partial charge in [-0.3, -0.25) is 0 Å². The molecule has 0 amide bonds. The molecule has 1 aliphatic rings. The van der Waals surface area contributed by atoms with Crippen LogP contribution in [-0.4, -0.2) is 24.9 Å². The first kappa shape index (κ1) is 17.8. The fourth-order valence-corrected chi connectivity index (χ4v) is 3.18. The van der Waals surface area contributed by atoms with Crippen molar-refractivity contribution < 1.29 is 19.0 Å². The number of aliphatic hydroxyl groups is 1. The van der Waals surface area contributed by atoms with Crippen LogP contribution in [-0.2, 0) is 5.60 Å². The van der Waals surface area contributed by atoms with Crippen molar-refractivity contribution in [3.63, 3.8) is 0 Å². The van der Waals surface area contributed by atoms with Crippen molar-refractivity contribution in [3.05, 3.63) is 46.9 Å². The predicted molar refractivity (Wildman–Crippen MR) is 96.2 cm³/mol. The Morgan fingerprint density at radius 1 is 1.16 bits per heavy atom. The summed E-state index contributed by atoms with van der Waals surface area (Å²) in [6, 6.07) is 7.97. The van der Waals surface area contributed by atoms with Gasteiger partial charge in [-0.25, -0.2) is 0 Å². The molecule has 0 saturated carbocycles. The zero-order valence-corrected chi connectivity index (χ0v) is 15.4. The van der Waals surface area contributed by atoms with Crippen LogP contribution in [0.15, 0.2) is 28.7 Å². The monoisotopic (exact) mass is 345 g/mol. The molecule has 0 bridgehead atoms. The zero-order valence-electron chi connectivity index (χ0n) is 15.4. The number of furan rings is 1. The number of rotatable bonds is 5. The number of aryl methyl sites for hydroxylation is 2. The molecule has 0 spiro atoms. The average molecular weight is 345 g/mol. The van der Waals surface area contributed by atoms with Gasteiger partial charge in [-0.05, 0) is 51.5 Å². The minimum Gasteiger partial charge on any atom is -0.490 e. The van der Waals surface area contributed by atoms with Gasteiger partial charge in [0.25, 0.3) is 0 Å². The largest absolute Gasteiger partial charge is 0.490 e. The first-order valence-corrected chi connectivity index (χ1v) is 8.79. The van der Waals surface area contributed by atoms with E-state index in [9.17, 15) is 5.11 Å². The molecular formula is C20H27NO4. The Kier molecular flexibility index (Phi) is 5.06. The van der Waals surface area contributed by atoms with E-state index in [2.05, 4.69) is 12.2 Å². The standard InChI is InChI=1S/C20H27NO4/c1-13-10-17(15(3)25-13)20(4,22)12-21-14(2)16-6-7-18-19(11-16)24-9-5-8-23-18/h6-7,10-11,14,21-22H,5,8-9,12H2,1-4H3. The maximum absolute atomic E-state index is 10.8. The number of fused-ring (bicyclic) bond motifs is 1. The second-order valence-corrected chi connectivity index (χ2v) is 6.96. The third kappa shape index (κ3) is 3.99. The normalized spacial score (nSPS) is 17.6. The van der Waals surface area contributed by atoms with Crippen molar-refractivity contribution in [2.24, 2.45) is 0 Å². The van der Waals surface area contributed by atoms with Crippen LogP contribution in [0.5, 0.6) is 11.5 Å². The molecule has 0 aliphatic carbocycles. The van der Waals surface area contributed by atoms with Gasteiger partial charge in [-0.1, -0.05) is 6.07 Å². The van der Waals surface area contributed by atoms with Gasteiger partial charge >= 0.3 is 0 Å². The third-order valence-corrected chi connectivity index (χ3v) is 4.65. The highest BCUT2D eigenvalue weighted by atomic mass is 16.5. The van der Waals surface area contributed by atoms with Crippen LogP contribution in [0.25, 0.3) is 0 Å². The van der Waals surface area contributed by atoms with Gasteiger partial charge in [0.05, 0.1) is 13.2 Å². The Morgan fingerprint density at radius 3 is 2.56 bits per heavy atom. The molecule has 5 nitrogen and oxygen atoms in total. The molecule has 25 heavy (non-hydrogen) atoms. The lowest BCUT2D eigenvalue weighted by molar-refractivity contribution is 0.0529. The number of hydrogen-bond acceptors (Lipinski definition) is 5. The second-order valence-electron chi connectivity index (χ2n) is 6.96. The minimum atomic E-state index is -0.999. The molecule has 1 aromatic heterocycles. The topological polar surface area (TPSA) is 63.9 Å². The Hall–Kier alpha value is -1.98. The summed E-state index contributed by atoms with van der Waals surface area (Å²) < 4.78 is 17.0. The Morgan fingerprint density at radius 2 is 1.88 bits per heavy atom. The van der Waals surface area contributed by atoms with Crippen LogP contribution < -0.4 is 14.8 Å². The Labute approximate surface area is 148 Å². The van der Waals surface area contributed by atoms with Gasteiger partial charge in [0.2, 0.25) is 0 Å². The molecule has 136 valence electrons. The quantitative estimate of drug-likeness (QED) is 0.867. The van der Waals surface area contributed by atoms with E-state index in [0.717, 1.165) is 40.6 Å². The Balaban J connectivity index is 1.69. The lowest BCUT2D eigenvalue weighted by Gasteiger charge is -2.26. The molecule has 2 heterocycles. The summed E-state index contributed by atoms with van der Waals surface area (Å²) in [6.07, 6.45) is 0.893. The van der Waals surface area contributed by atoms with Crippen molar-refractivity contribution in [2.45, 2.75) is 45.8 Å². The van der Waals surface area contributed by atoms with Crippen LogP contribution in [0.3, 0.4) is 0 Å². The van der Waals surface area contributed by atoms with Gasteiger partial charge < -0.3 is 24.3 Å². The molecule has 1 aromatic carbocycles. The highest BCUT2D eigenvalue weighted by Gasteiger charge is 2.28. The van der Waals surface area contributed by atoms with E-state index in [1.807, 2.05) is 38.1 Å². The van der Waals surface area contributed by atoms with E-state index in [4.69, 9.17) is 13.9 Å². The fourth-order valence-electron chi connectivity index (χ4n) is 3.18. The molecule has 2 unspecified atom stereocenters. The number of nitrogens with one attached hydrogen (secondary N) is 1. The third-order valence-electron chi connectivity index (χ3n) is 4.65. The van der Waals surface area contributed by atoms with Gasteiger partial charge in [-0.15, -0.1) is 0 Å². The second kappa shape index (κ2) is 7.10. The molecule has 2 atom stereocenters. The maximum Gasteiger partial charge on any atom is 0.161 e. The molecule has 0 saturated heterocycles. The molecular weight excluding hydrogens is 318 g/mol. The van der Waals surface area contributed by atoms with Crippen molar-refractivity contribution in [2.75, 3.05) is 19.8 Å². The molecule has 2 N–H and O–H groups in total. The van der Waals surface area contributed by atoms with E-state index in [0.29, 0.717) is 19.8 Å². The SMILES string of the molecule is Cc1cc(C(C)(O)CNC(C)c2ccc3c(c2)OCCCO3)c(C)o1. The van der Waals surface area contributed by atoms with Crippen molar-refractivity contribution in [1.82, 2.24) is 5.32 Å². The molecule has 0 fully saturated rings. The summed E-state index contributed by atoms with van der Waals surface area (Å²) in [5.41, 5.74) is 0.921. The molecule has 2 aromatic rings. The summed E-state index contributed by atoms with van der Waals surface area (Å²) in [5.74, 6) is 3.15. The molecule has 3 rings (SSSR count). The van der Waals surface area contributed by atoms with Gasteiger partial charge in [-0.2, -0.15) is 0 Å². The lowest BCUT2D eigenvalue weighted by Crippen LogP contribution is -2.36. The first-order chi connectivity index (χ1) is 11.9. The van der Waals surface area contributed by atoms with Crippen molar-refractivity contribution in [3.8, 4) is 11.5 Å². The summed E-state index contributed by atoms with van der Waals surface area (Å²) in [4.78, 5) is 0. The highest BCUT2D eigenvalue weighted by Crippen LogP contribution is 2.33. The van der Waals surface area contributed by atoms with Crippen molar-refractivity contribution in [1.29, 1.82) is 0 Å². The van der Waals surface area contributed by atoms with E-state index >= 15 is 0 Å². The van der Waals surface area contributed by atoms with E-state index in [-0.39, 0.29) is 6.04 Å². The van der Waals surface area contributed by atoms with Crippen LogP contribution in [0.1, 0.15) is 49.0 Å². The molecule has 1 aliphatic heterocycles. The smallest absolute Gasteiger partial charge is 0.161 e. The van der Waals surface area contributed by atoms with E-state index in [1.165, 1.54) is 0 Å². The zero-order chi connectivity index (χ0) is 18.0. The first-order valence-electron chi connectivity index (χ1n) is 8.79. The summed E-state index contributed by atoms with van der Waals surface area (Å²) >= 11 is 0. The van der Waals surface area contributed by atoms with E-state index in [1.54, 1.807) is 6.92 Å². The molecule has 5 heteroatoms. The minimum absolute atomic E-state index is 0.0666. The van der Waals surface area contributed by atoms with Crippen LogP contribution in [0.2, 0.25) is 0 Å². The van der Waals surface area contributed by atoms with E-state index < -0.39 is 5.60 Å². The van der Waals surface area contributed by atoms with Crippen molar-refractivity contribution >= 4 is 0 Å². The van der Waals surface area contributed by atoms with Gasteiger partial charge in [0.1, 0.15) is 17.1 Å². The van der Waals surface area contributed by atoms with Crippen LogP contribution in [0, 0.1) is 13.8 Å². The predicted octanol–water partition coefficient (Wildman–Crippen LogP) is 3.62. The molecule has 0 radical (unpaired) electrons. The fraction of sp³-hybridized carbons (Fsp3) is 0.500. The number of ether oxygens (including phenoxy) is 2. The van der Waals surface area contributed by atoms with Crippen LogP contribution >= 0.6 is 0 Å². The summed E-state index contributed by atoms with van der Waals surface area (Å²) in [6.45, 7) is 9.42.